The number of carbonyl (C=O) groups is 1. The summed E-state index contributed by atoms with van der Waals surface area (Å²) in [6.07, 6.45) is 1.79. The van der Waals surface area contributed by atoms with E-state index in [0.717, 1.165) is 18.4 Å². The summed E-state index contributed by atoms with van der Waals surface area (Å²) in [5.41, 5.74) is 6.45. The molecule has 1 aromatic rings. The van der Waals surface area contributed by atoms with Gasteiger partial charge in [0.05, 0.1) is 6.10 Å². The fourth-order valence-electron chi connectivity index (χ4n) is 2.08. The Morgan fingerprint density at radius 3 is 2.94 bits per heavy atom. The molecule has 2 atom stereocenters. The second kappa shape index (κ2) is 5.63. The molecular formula is C13H16ClNO2. The number of hydrogen-bond acceptors (Lipinski definition) is 3. The zero-order chi connectivity index (χ0) is 12.3. The van der Waals surface area contributed by atoms with Gasteiger partial charge in [-0.3, -0.25) is 4.79 Å². The van der Waals surface area contributed by atoms with Crippen molar-refractivity contribution in [1.82, 2.24) is 0 Å². The summed E-state index contributed by atoms with van der Waals surface area (Å²) in [6, 6.07) is 7.36. The highest BCUT2D eigenvalue weighted by molar-refractivity contribution is 6.30. The summed E-state index contributed by atoms with van der Waals surface area (Å²) in [5, 5.41) is 0.655. The highest BCUT2D eigenvalue weighted by atomic mass is 35.5. The van der Waals surface area contributed by atoms with Crippen LogP contribution in [0.5, 0.6) is 0 Å². The van der Waals surface area contributed by atoms with E-state index in [0.29, 0.717) is 18.0 Å². The molecule has 92 valence electrons. The lowest BCUT2D eigenvalue weighted by molar-refractivity contribution is -0.128. The lowest BCUT2D eigenvalue weighted by Crippen LogP contribution is -2.26. The molecule has 0 spiro atoms. The van der Waals surface area contributed by atoms with Gasteiger partial charge >= 0.3 is 0 Å². The number of hydrogen-bond donors (Lipinski definition) is 1. The van der Waals surface area contributed by atoms with Crippen LogP contribution in [0.2, 0.25) is 5.02 Å². The third kappa shape index (κ3) is 3.28. The van der Waals surface area contributed by atoms with Gasteiger partial charge in [-0.2, -0.15) is 0 Å². The van der Waals surface area contributed by atoms with E-state index in [1.807, 2.05) is 18.2 Å². The van der Waals surface area contributed by atoms with Crippen LogP contribution in [0.4, 0.5) is 0 Å². The molecule has 0 radical (unpaired) electrons. The summed E-state index contributed by atoms with van der Waals surface area (Å²) in [5.74, 6) is 0.114. The molecule has 0 aromatic heterocycles. The van der Waals surface area contributed by atoms with Crippen molar-refractivity contribution < 1.29 is 9.53 Å². The van der Waals surface area contributed by atoms with Gasteiger partial charge in [0.1, 0.15) is 6.10 Å². The monoisotopic (exact) mass is 253 g/mol. The topological polar surface area (TPSA) is 52.3 Å². The minimum atomic E-state index is -0.289. The van der Waals surface area contributed by atoms with Crippen molar-refractivity contribution in [3.05, 3.63) is 34.9 Å². The summed E-state index contributed by atoms with van der Waals surface area (Å²) in [6.45, 7) is 0.487. The molecule has 1 aliphatic rings. The molecule has 0 amide bonds. The van der Waals surface area contributed by atoms with E-state index in [1.165, 1.54) is 0 Å². The van der Waals surface area contributed by atoms with Gasteiger partial charge in [0.25, 0.3) is 0 Å². The second-order valence-corrected chi connectivity index (χ2v) is 4.77. The second-order valence-electron chi connectivity index (χ2n) is 4.33. The number of halogens is 1. The van der Waals surface area contributed by atoms with Crippen LogP contribution in [-0.2, 0) is 16.0 Å². The third-order valence-electron chi connectivity index (χ3n) is 3.00. The largest absolute Gasteiger partial charge is 0.366 e. The van der Waals surface area contributed by atoms with Crippen LogP contribution in [0, 0.1) is 0 Å². The van der Waals surface area contributed by atoms with E-state index in [9.17, 15) is 4.79 Å². The molecule has 1 aromatic carbocycles. The van der Waals surface area contributed by atoms with E-state index < -0.39 is 0 Å². The van der Waals surface area contributed by atoms with Crippen LogP contribution in [0.15, 0.2) is 24.3 Å². The average molecular weight is 254 g/mol. The summed E-state index contributed by atoms with van der Waals surface area (Å²) < 4.78 is 5.57. The van der Waals surface area contributed by atoms with E-state index >= 15 is 0 Å². The number of rotatable bonds is 4. The smallest absolute Gasteiger partial charge is 0.165 e. The van der Waals surface area contributed by atoms with Crippen LogP contribution < -0.4 is 5.73 Å². The van der Waals surface area contributed by atoms with E-state index in [-0.39, 0.29) is 18.0 Å². The fraction of sp³-hybridized carbons (Fsp3) is 0.462. The molecule has 4 heteroatoms. The number of ketones is 1. The van der Waals surface area contributed by atoms with Crippen molar-refractivity contribution in [3.63, 3.8) is 0 Å². The molecule has 1 saturated heterocycles. The highest BCUT2D eigenvalue weighted by Crippen LogP contribution is 2.21. The Morgan fingerprint density at radius 1 is 1.47 bits per heavy atom. The average Bonchev–Trinajstić information content (AvgIpc) is 2.77. The molecule has 1 heterocycles. The van der Waals surface area contributed by atoms with Gasteiger partial charge in [0.2, 0.25) is 0 Å². The zero-order valence-electron chi connectivity index (χ0n) is 9.56. The van der Waals surface area contributed by atoms with E-state index in [2.05, 4.69) is 0 Å². The first-order valence-electron chi connectivity index (χ1n) is 5.81. The molecule has 17 heavy (non-hydrogen) atoms. The van der Waals surface area contributed by atoms with Crippen LogP contribution in [0.3, 0.4) is 0 Å². The van der Waals surface area contributed by atoms with Gasteiger partial charge in [0, 0.05) is 18.0 Å². The predicted octanol–water partition coefficient (Wildman–Crippen LogP) is 1.96. The van der Waals surface area contributed by atoms with Crippen LogP contribution in [-0.4, -0.2) is 24.5 Å². The minimum Gasteiger partial charge on any atom is -0.366 e. The lowest BCUT2D eigenvalue weighted by Gasteiger charge is -2.11. The molecule has 1 aliphatic heterocycles. The van der Waals surface area contributed by atoms with Gasteiger partial charge in [-0.25, -0.2) is 0 Å². The molecule has 3 nitrogen and oxygen atoms in total. The lowest BCUT2D eigenvalue weighted by atomic mass is 10.0. The normalized spacial score (nSPS) is 23.9. The first-order valence-corrected chi connectivity index (χ1v) is 6.19. The number of benzene rings is 1. The van der Waals surface area contributed by atoms with Gasteiger partial charge in [0.15, 0.2) is 5.78 Å². The Kier molecular flexibility index (Phi) is 4.15. The Hall–Kier alpha value is -0.900. The molecule has 1 fully saturated rings. The number of carbonyl (C=O) groups excluding carboxylic acids is 1. The molecular weight excluding hydrogens is 238 g/mol. The maximum atomic E-state index is 12.0. The summed E-state index contributed by atoms with van der Waals surface area (Å²) in [4.78, 5) is 12.0. The van der Waals surface area contributed by atoms with Crippen LogP contribution in [0.25, 0.3) is 0 Å². The first-order chi connectivity index (χ1) is 8.19. The van der Waals surface area contributed by atoms with Crippen LogP contribution >= 0.6 is 11.6 Å². The van der Waals surface area contributed by atoms with E-state index in [4.69, 9.17) is 22.1 Å². The summed E-state index contributed by atoms with van der Waals surface area (Å²) >= 11 is 5.87. The van der Waals surface area contributed by atoms with Crippen molar-refractivity contribution in [2.75, 3.05) is 6.54 Å². The minimum absolute atomic E-state index is 0.0447. The maximum Gasteiger partial charge on any atom is 0.165 e. The highest BCUT2D eigenvalue weighted by Gasteiger charge is 2.29. The molecule has 0 bridgehead atoms. The molecule has 0 saturated carbocycles. The number of ether oxygens (including phenoxy) is 1. The zero-order valence-corrected chi connectivity index (χ0v) is 10.3. The molecule has 0 aliphatic carbocycles. The van der Waals surface area contributed by atoms with Crippen LogP contribution in [0.1, 0.15) is 18.4 Å². The molecule has 2 unspecified atom stereocenters. The fourth-order valence-corrected chi connectivity index (χ4v) is 2.29. The van der Waals surface area contributed by atoms with Crippen molar-refractivity contribution in [2.45, 2.75) is 31.5 Å². The van der Waals surface area contributed by atoms with E-state index in [1.54, 1.807) is 6.07 Å². The van der Waals surface area contributed by atoms with Gasteiger partial charge < -0.3 is 10.5 Å². The Labute approximate surface area is 106 Å². The van der Waals surface area contributed by atoms with Gasteiger partial charge in [-0.15, -0.1) is 0 Å². The molecule has 2 N–H and O–H groups in total. The molecule has 2 rings (SSSR count). The van der Waals surface area contributed by atoms with Gasteiger partial charge in [-0.05, 0) is 30.5 Å². The Balaban J connectivity index is 1.93. The first kappa shape index (κ1) is 12.6. The SMILES string of the molecule is NCC1CCC(C(=O)Cc2cccc(Cl)c2)O1. The van der Waals surface area contributed by atoms with Crippen molar-refractivity contribution in [2.24, 2.45) is 5.73 Å². The van der Waals surface area contributed by atoms with Gasteiger partial charge in [-0.1, -0.05) is 23.7 Å². The standard InChI is InChI=1S/C13H16ClNO2/c14-10-3-1-2-9(6-10)7-12(16)13-5-4-11(8-15)17-13/h1-3,6,11,13H,4-5,7-8,15H2. The third-order valence-corrected chi connectivity index (χ3v) is 3.23. The Morgan fingerprint density at radius 2 is 2.29 bits per heavy atom. The maximum absolute atomic E-state index is 12.0. The quantitative estimate of drug-likeness (QED) is 0.893. The predicted molar refractivity (Wildman–Crippen MR) is 67.1 cm³/mol. The summed E-state index contributed by atoms with van der Waals surface area (Å²) in [7, 11) is 0. The van der Waals surface area contributed by atoms with Crippen molar-refractivity contribution >= 4 is 17.4 Å². The number of nitrogens with two attached hydrogens (primary N) is 1. The number of Topliss-reactive ketones (excluding diaryl/α,β-unsaturated/α-hetero) is 1. The van der Waals surface area contributed by atoms with Crippen molar-refractivity contribution in [3.8, 4) is 0 Å². The van der Waals surface area contributed by atoms with Crippen molar-refractivity contribution in [1.29, 1.82) is 0 Å². The Bertz CT molecular complexity index is 408.